The fourth-order valence-corrected chi connectivity index (χ4v) is 3.24. The largest absolute Gasteiger partial charge is 0.384 e. The first-order valence-corrected chi connectivity index (χ1v) is 7.20. The van der Waals surface area contributed by atoms with Crippen molar-refractivity contribution >= 4 is 17.2 Å². The molecule has 0 radical (unpaired) electrons. The van der Waals surface area contributed by atoms with E-state index in [9.17, 15) is 4.79 Å². The van der Waals surface area contributed by atoms with Crippen LogP contribution in [0.15, 0.2) is 12.1 Å². The summed E-state index contributed by atoms with van der Waals surface area (Å²) in [6.07, 6.45) is 2.00. The van der Waals surface area contributed by atoms with Crippen molar-refractivity contribution in [3.8, 4) is 11.8 Å². The summed E-state index contributed by atoms with van der Waals surface area (Å²) >= 11 is 1.62. The molecule has 5 heteroatoms. The number of amides is 1. The average molecular weight is 278 g/mol. The molecule has 2 rings (SSSR count). The van der Waals surface area contributed by atoms with Crippen LogP contribution in [0.2, 0.25) is 0 Å². The van der Waals surface area contributed by atoms with Crippen LogP contribution < -0.4 is 5.32 Å². The van der Waals surface area contributed by atoms with Gasteiger partial charge in [-0.2, -0.15) is 0 Å². The first-order valence-electron chi connectivity index (χ1n) is 6.38. The summed E-state index contributed by atoms with van der Waals surface area (Å²) in [4.78, 5) is 16.1. The van der Waals surface area contributed by atoms with Gasteiger partial charge in [0.1, 0.15) is 6.61 Å². The molecule has 0 bridgehead atoms. The van der Waals surface area contributed by atoms with Crippen LogP contribution in [-0.4, -0.2) is 42.2 Å². The van der Waals surface area contributed by atoms with E-state index in [0.717, 1.165) is 30.8 Å². The van der Waals surface area contributed by atoms with Gasteiger partial charge < -0.3 is 10.4 Å². The summed E-state index contributed by atoms with van der Waals surface area (Å²) in [6.45, 7) is 1.65. The second-order valence-electron chi connectivity index (χ2n) is 4.47. The lowest BCUT2D eigenvalue weighted by Crippen LogP contribution is -2.41. The SMILES string of the molecule is CNC(=O)C1CCCN1Cc1ccc(C#CCO)s1. The molecule has 0 saturated carbocycles. The molecule has 1 aromatic heterocycles. The second kappa shape index (κ2) is 6.71. The van der Waals surface area contributed by atoms with E-state index in [2.05, 4.69) is 22.1 Å². The van der Waals surface area contributed by atoms with Crippen LogP contribution in [0.25, 0.3) is 0 Å². The maximum absolute atomic E-state index is 11.8. The Kier molecular flexibility index (Phi) is 4.97. The maximum Gasteiger partial charge on any atom is 0.237 e. The second-order valence-corrected chi connectivity index (χ2v) is 5.64. The molecule has 1 fully saturated rings. The molecule has 1 aliphatic heterocycles. The first-order chi connectivity index (χ1) is 9.24. The van der Waals surface area contributed by atoms with Crippen LogP contribution in [0.1, 0.15) is 22.6 Å². The van der Waals surface area contributed by atoms with E-state index in [0.29, 0.717) is 0 Å². The Hall–Kier alpha value is -1.35. The van der Waals surface area contributed by atoms with Crippen molar-refractivity contribution in [1.82, 2.24) is 10.2 Å². The Morgan fingerprint density at radius 3 is 3.21 bits per heavy atom. The predicted molar refractivity (Wildman–Crippen MR) is 75.8 cm³/mol. The fraction of sp³-hybridized carbons (Fsp3) is 0.500. The molecule has 102 valence electrons. The normalized spacial score (nSPS) is 18.9. The molecule has 1 atom stereocenters. The smallest absolute Gasteiger partial charge is 0.237 e. The molecule has 2 heterocycles. The molecule has 4 nitrogen and oxygen atoms in total. The van der Waals surface area contributed by atoms with Gasteiger partial charge in [0.05, 0.1) is 10.9 Å². The number of nitrogens with zero attached hydrogens (tertiary/aromatic N) is 1. The van der Waals surface area contributed by atoms with Crippen molar-refractivity contribution in [2.24, 2.45) is 0 Å². The number of likely N-dealkylation sites (N-methyl/N-ethyl adjacent to an activating group) is 1. The van der Waals surface area contributed by atoms with Gasteiger partial charge in [-0.3, -0.25) is 9.69 Å². The zero-order valence-electron chi connectivity index (χ0n) is 11.0. The highest BCUT2D eigenvalue weighted by molar-refractivity contribution is 7.12. The van der Waals surface area contributed by atoms with Crippen LogP contribution in [0.4, 0.5) is 0 Å². The highest BCUT2D eigenvalue weighted by atomic mass is 32.1. The van der Waals surface area contributed by atoms with Gasteiger partial charge in [0.2, 0.25) is 5.91 Å². The molecule has 1 amide bonds. The number of rotatable bonds is 3. The van der Waals surface area contributed by atoms with Crippen LogP contribution in [0.3, 0.4) is 0 Å². The van der Waals surface area contributed by atoms with Crippen LogP contribution in [0, 0.1) is 11.8 Å². The summed E-state index contributed by atoms with van der Waals surface area (Å²) in [5.41, 5.74) is 0. The molecular weight excluding hydrogens is 260 g/mol. The van der Waals surface area contributed by atoms with Gasteiger partial charge in [0.25, 0.3) is 0 Å². The molecule has 1 unspecified atom stereocenters. The minimum Gasteiger partial charge on any atom is -0.384 e. The summed E-state index contributed by atoms with van der Waals surface area (Å²) in [5, 5.41) is 11.4. The molecule has 19 heavy (non-hydrogen) atoms. The number of carbonyl (C=O) groups is 1. The minimum absolute atomic E-state index is 0.000856. The van der Waals surface area contributed by atoms with E-state index in [1.54, 1.807) is 18.4 Å². The highest BCUT2D eigenvalue weighted by Crippen LogP contribution is 2.23. The number of aliphatic hydroxyl groups is 1. The Morgan fingerprint density at radius 2 is 2.47 bits per heavy atom. The van der Waals surface area contributed by atoms with Gasteiger partial charge in [0.15, 0.2) is 0 Å². The van der Waals surface area contributed by atoms with Crippen LogP contribution in [0.5, 0.6) is 0 Å². The Bertz CT molecular complexity index is 501. The van der Waals surface area contributed by atoms with E-state index >= 15 is 0 Å². The lowest BCUT2D eigenvalue weighted by atomic mass is 10.2. The van der Waals surface area contributed by atoms with Gasteiger partial charge in [-0.05, 0) is 31.5 Å². The average Bonchev–Trinajstić information content (AvgIpc) is 3.05. The molecular formula is C14H18N2O2S. The molecule has 0 aliphatic carbocycles. The lowest BCUT2D eigenvalue weighted by Gasteiger charge is -2.22. The third kappa shape index (κ3) is 3.57. The topological polar surface area (TPSA) is 52.6 Å². The zero-order valence-corrected chi connectivity index (χ0v) is 11.8. The number of hydrogen-bond acceptors (Lipinski definition) is 4. The van der Waals surface area contributed by atoms with Crippen molar-refractivity contribution in [3.05, 3.63) is 21.9 Å². The summed E-state index contributed by atoms with van der Waals surface area (Å²) in [7, 11) is 1.69. The van der Waals surface area contributed by atoms with Gasteiger partial charge >= 0.3 is 0 Å². The van der Waals surface area contributed by atoms with E-state index in [1.165, 1.54) is 4.88 Å². The van der Waals surface area contributed by atoms with Gasteiger partial charge in [0, 0.05) is 18.5 Å². The number of carbonyl (C=O) groups excluding carboxylic acids is 1. The van der Waals surface area contributed by atoms with Crippen molar-refractivity contribution < 1.29 is 9.90 Å². The van der Waals surface area contributed by atoms with Crippen molar-refractivity contribution in [2.45, 2.75) is 25.4 Å². The lowest BCUT2D eigenvalue weighted by molar-refractivity contribution is -0.125. The van der Waals surface area contributed by atoms with Crippen molar-refractivity contribution in [3.63, 3.8) is 0 Å². The quantitative estimate of drug-likeness (QED) is 0.804. The van der Waals surface area contributed by atoms with Gasteiger partial charge in [-0.1, -0.05) is 11.8 Å². The molecule has 2 N–H and O–H groups in total. The molecule has 0 spiro atoms. The molecule has 1 aliphatic rings. The minimum atomic E-state index is -0.113. The fourth-order valence-electron chi connectivity index (χ4n) is 2.34. The van der Waals surface area contributed by atoms with Gasteiger partial charge in [-0.25, -0.2) is 0 Å². The molecule has 1 saturated heterocycles. The summed E-state index contributed by atoms with van der Waals surface area (Å²) in [6, 6.07) is 4.01. The number of nitrogens with one attached hydrogen (secondary N) is 1. The van der Waals surface area contributed by atoms with Crippen molar-refractivity contribution in [2.75, 3.05) is 20.2 Å². The third-order valence-electron chi connectivity index (χ3n) is 3.22. The maximum atomic E-state index is 11.8. The number of likely N-dealkylation sites (tertiary alicyclic amines) is 1. The number of aliphatic hydroxyl groups excluding tert-OH is 1. The standard InChI is InChI=1S/C14H18N2O2S/c1-15-14(18)13-5-2-8-16(13)10-12-7-6-11(19-12)4-3-9-17/h6-7,13,17H,2,5,8-10H2,1H3,(H,15,18). The van der Waals surface area contributed by atoms with Crippen LogP contribution in [-0.2, 0) is 11.3 Å². The Labute approximate surface area is 117 Å². The monoisotopic (exact) mass is 278 g/mol. The van der Waals surface area contributed by atoms with Crippen LogP contribution >= 0.6 is 11.3 Å². The third-order valence-corrected chi connectivity index (χ3v) is 4.21. The van der Waals surface area contributed by atoms with Gasteiger partial charge in [-0.15, -0.1) is 11.3 Å². The highest BCUT2D eigenvalue weighted by Gasteiger charge is 2.29. The van der Waals surface area contributed by atoms with E-state index in [1.807, 2.05) is 12.1 Å². The van der Waals surface area contributed by atoms with Crippen molar-refractivity contribution in [1.29, 1.82) is 0 Å². The van der Waals surface area contributed by atoms with E-state index < -0.39 is 0 Å². The zero-order chi connectivity index (χ0) is 13.7. The molecule has 1 aromatic rings. The summed E-state index contributed by atoms with van der Waals surface area (Å²) in [5.74, 6) is 5.66. The number of hydrogen-bond donors (Lipinski definition) is 2. The number of thiophene rings is 1. The predicted octanol–water partition coefficient (Wildman–Crippen LogP) is 0.802. The first kappa shape index (κ1) is 14.1. The molecule has 0 aromatic carbocycles. The van der Waals surface area contributed by atoms with E-state index in [4.69, 9.17) is 5.11 Å². The summed E-state index contributed by atoms with van der Waals surface area (Å²) < 4.78 is 0. The Balaban J connectivity index is 2.00. The van der Waals surface area contributed by atoms with E-state index in [-0.39, 0.29) is 18.6 Å². The Morgan fingerprint density at radius 1 is 1.63 bits per heavy atom.